The van der Waals surface area contributed by atoms with Crippen LogP contribution in [-0.2, 0) is 5.41 Å². The summed E-state index contributed by atoms with van der Waals surface area (Å²) in [6, 6.07) is 160. The molecule has 0 amide bonds. The Hall–Kier alpha value is -16.5. The Morgan fingerprint density at radius 1 is 0.198 bits per heavy atom. The molecule has 0 aliphatic heterocycles. The van der Waals surface area contributed by atoms with E-state index in [-0.39, 0.29) is 5.41 Å². The number of nitrogens with zero attached hydrogens (tertiary/aromatic N) is 8. The smallest absolute Gasteiger partial charge is 0.235 e. The molecule has 0 aliphatic carbocycles. The van der Waals surface area contributed by atoms with Crippen molar-refractivity contribution in [2.24, 2.45) is 0 Å². The van der Waals surface area contributed by atoms with E-state index in [2.05, 4.69) is 483 Å². The summed E-state index contributed by atoms with van der Waals surface area (Å²) in [5.74, 6) is 1.29. The molecule has 622 valence electrons. The average Bonchev–Trinajstić information content (AvgIpc) is 1.59. The predicted octanol–water partition coefficient (Wildman–Crippen LogP) is 30.5. The Labute approximate surface area is 762 Å². The maximum atomic E-state index is 5.27. The largest absolute Gasteiger partial charge is 0.309 e. The minimum Gasteiger partial charge on any atom is -0.309 e. The number of hydrogen-bond donors (Lipinski definition) is 0. The Morgan fingerprint density at radius 2 is 0.481 bits per heavy atom. The molecule has 0 saturated heterocycles. The molecule has 0 saturated carbocycles. The minimum atomic E-state index is -1.81. The van der Waals surface area contributed by atoms with Crippen molar-refractivity contribution >= 4 is 106 Å². The molecule has 0 unspecified atom stereocenters. The second-order valence-corrected chi connectivity index (χ2v) is 40.2. The normalized spacial score (nSPS) is 11.9. The lowest BCUT2D eigenvalue weighted by atomic mass is 9.86. The van der Waals surface area contributed by atoms with Gasteiger partial charge in [0.25, 0.3) is 0 Å². The van der Waals surface area contributed by atoms with E-state index in [4.69, 9.17) is 19.9 Å². The second kappa shape index (κ2) is 32.7. The Bertz CT molecular complexity index is 8440. The fraction of sp³-hybridized carbons (Fsp3) is 0.0492. The molecule has 0 fully saturated rings. The first-order valence-electron chi connectivity index (χ1n) is 45.0. The zero-order valence-electron chi connectivity index (χ0n) is 73.4. The molecule has 18 aromatic carbocycles. The van der Waals surface area contributed by atoms with Crippen LogP contribution >= 0.6 is 0 Å². The Kier molecular flexibility index (Phi) is 19.8. The molecule has 0 N–H and O–H groups in total. The van der Waals surface area contributed by atoms with Gasteiger partial charge in [0.05, 0.1) is 55.5 Å². The van der Waals surface area contributed by atoms with E-state index in [0.717, 1.165) is 89.0 Å². The minimum absolute atomic E-state index is 0.0371. The maximum Gasteiger partial charge on any atom is 0.235 e. The van der Waals surface area contributed by atoms with Crippen molar-refractivity contribution in [3.8, 4) is 124 Å². The van der Waals surface area contributed by atoms with Crippen molar-refractivity contribution in [2.45, 2.75) is 39.3 Å². The number of aromatic nitrogens is 8. The fourth-order valence-electron chi connectivity index (χ4n) is 19.6. The first-order valence-corrected chi connectivity index (χ1v) is 48.0. The second-order valence-electron chi connectivity index (χ2n) is 35.8. The molecule has 0 bridgehead atoms. The lowest BCUT2D eigenvalue weighted by Crippen LogP contribution is -2.52. The van der Waals surface area contributed by atoms with E-state index in [9.17, 15) is 0 Å². The van der Waals surface area contributed by atoms with Crippen LogP contribution in [0.1, 0.15) is 26.3 Å². The van der Waals surface area contributed by atoms with Crippen LogP contribution in [0.4, 0.5) is 0 Å². The van der Waals surface area contributed by atoms with E-state index < -0.39 is 8.07 Å². The molecule has 131 heavy (non-hydrogen) atoms. The van der Waals surface area contributed by atoms with Gasteiger partial charge in [0, 0.05) is 78.0 Å². The van der Waals surface area contributed by atoms with Gasteiger partial charge < -0.3 is 9.13 Å². The standard InChI is InChI=1S/C66H48N4Si.C56H42N4/c1-71(2,55-23-10-5-11-24-55)56-33-29-47(30-34-56)48-21-16-22-51(39-48)61-37-38-67-66(68-61)70-63-28-15-13-26-58(63)60-44-50(32-36-65(60)70)49-31-35-64-59(43-49)57-25-12-14-27-62(57)69(64)54-41-52(45-17-6-3-7-18-45)40-53(42-54)46-19-8-4-9-20-46;1-56(2,3)44-27-30-53-49(36-44)48-35-42(25-28-52(48)59(53)45-17-8-5-9-18-45)41-26-29-54-47(34-41)46-19-10-11-20-51(46)60(54)55-57-32-31-50(58-55)43-16-12-15-40(33-43)39-23-21-38(22-24-39)37-13-6-4-7-14-37/h3-44H,1-2H3;4-36H,1-3H3. The summed E-state index contributed by atoms with van der Waals surface area (Å²) in [4.78, 5) is 20.3. The van der Waals surface area contributed by atoms with Crippen molar-refractivity contribution in [1.82, 2.24) is 38.2 Å². The summed E-state index contributed by atoms with van der Waals surface area (Å²) >= 11 is 0. The molecule has 0 aliphatic rings. The number of hydrogen-bond acceptors (Lipinski definition) is 4. The predicted molar refractivity (Wildman–Crippen MR) is 552 cm³/mol. The summed E-state index contributed by atoms with van der Waals surface area (Å²) in [5.41, 5.74) is 33.1. The van der Waals surface area contributed by atoms with Crippen molar-refractivity contribution < 1.29 is 0 Å². The Balaban J connectivity index is 0.000000151. The van der Waals surface area contributed by atoms with Crippen LogP contribution in [0.15, 0.2) is 455 Å². The highest BCUT2D eigenvalue weighted by atomic mass is 28.3. The van der Waals surface area contributed by atoms with Gasteiger partial charge in [-0.15, -0.1) is 0 Å². The lowest BCUT2D eigenvalue weighted by Gasteiger charge is -2.24. The van der Waals surface area contributed by atoms with Gasteiger partial charge in [-0.3, -0.25) is 9.13 Å². The van der Waals surface area contributed by atoms with E-state index in [1.165, 1.54) is 126 Å². The summed E-state index contributed by atoms with van der Waals surface area (Å²) in [6.07, 6.45) is 3.76. The highest BCUT2D eigenvalue weighted by Crippen LogP contribution is 2.44. The summed E-state index contributed by atoms with van der Waals surface area (Å²) in [6.45, 7) is 11.7. The van der Waals surface area contributed by atoms with Crippen molar-refractivity contribution in [3.63, 3.8) is 0 Å². The van der Waals surface area contributed by atoms with Gasteiger partial charge in [-0.2, -0.15) is 0 Å². The summed E-state index contributed by atoms with van der Waals surface area (Å²) < 4.78 is 9.24. The number of rotatable bonds is 15. The van der Waals surface area contributed by atoms with Gasteiger partial charge >= 0.3 is 0 Å². The van der Waals surface area contributed by atoms with Crippen LogP contribution in [0, 0.1) is 0 Å². The molecule has 24 rings (SSSR count). The van der Waals surface area contributed by atoms with Gasteiger partial charge in [0.2, 0.25) is 11.9 Å². The van der Waals surface area contributed by atoms with Gasteiger partial charge in [-0.05, 0) is 222 Å². The van der Waals surface area contributed by atoms with Crippen LogP contribution in [0.3, 0.4) is 0 Å². The molecule has 6 heterocycles. The van der Waals surface area contributed by atoms with Gasteiger partial charge in [0.15, 0.2) is 0 Å². The van der Waals surface area contributed by atoms with Crippen LogP contribution < -0.4 is 10.4 Å². The maximum absolute atomic E-state index is 5.27. The van der Waals surface area contributed by atoms with E-state index in [0.29, 0.717) is 11.9 Å². The molecule has 24 aromatic rings. The van der Waals surface area contributed by atoms with E-state index >= 15 is 0 Å². The molecule has 0 atom stereocenters. The van der Waals surface area contributed by atoms with E-state index in [1.807, 2.05) is 24.5 Å². The molecule has 0 radical (unpaired) electrons. The van der Waals surface area contributed by atoms with Crippen molar-refractivity contribution in [2.75, 3.05) is 0 Å². The van der Waals surface area contributed by atoms with Gasteiger partial charge in [-0.25, -0.2) is 19.9 Å². The summed E-state index contributed by atoms with van der Waals surface area (Å²) in [7, 11) is -1.81. The first kappa shape index (κ1) is 79.2. The highest BCUT2D eigenvalue weighted by Gasteiger charge is 2.28. The first-order chi connectivity index (χ1) is 64.3. The number of fused-ring (bicyclic) bond motifs is 12. The van der Waals surface area contributed by atoms with Crippen LogP contribution in [0.25, 0.3) is 211 Å². The van der Waals surface area contributed by atoms with Crippen molar-refractivity contribution in [3.05, 3.63) is 461 Å². The third kappa shape index (κ3) is 14.6. The van der Waals surface area contributed by atoms with Gasteiger partial charge in [-0.1, -0.05) is 354 Å². The number of para-hydroxylation sites is 4. The molecular weight excluding hydrogens is 1610 g/mol. The number of benzene rings is 18. The topological polar surface area (TPSA) is 71.3 Å². The van der Waals surface area contributed by atoms with Gasteiger partial charge in [0.1, 0.15) is 8.07 Å². The lowest BCUT2D eigenvalue weighted by molar-refractivity contribution is 0.591. The molecule has 0 spiro atoms. The highest BCUT2D eigenvalue weighted by molar-refractivity contribution is 7.00. The quantitative estimate of drug-likeness (QED) is 0.0959. The van der Waals surface area contributed by atoms with Crippen LogP contribution in [-0.4, -0.2) is 46.3 Å². The molecule has 6 aromatic heterocycles. The Morgan fingerprint density at radius 3 is 0.916 bits per heavy atom. The SMILES string of the molecule is CC(C)(C)c1ccc2c(c1)c1cc(-c3ccc4c(c3)c3ccccc3n4-c3nccc(-c4cccc(-c5ccc(-c6ccccc6)cc5)c4)n3)ccc1n2-c1ccccc1.C[Si](C)(c1ccccc1)c1ccc(-c2cccc(-c3ccnc(-n4c5ccccc5c5cc(-c6ccc7c(c6)c6ccccc6n7-c6cc(-c7ccccc7)cc(-c7ccccc7)c6)ccc54)n3)c2)cc1. The van der Waals surface area contributed by atoms with Crippen molar-refractivity contribution in [1.29, 1.82) is 0 Å². The summed E-state index contributed by atoms with van der Waals surface area (Å²) in [5, 5.41) is 12.5. The monoisotopic (exact) mass is 1690 g/mol. The van der Waals surface area contributed by atoms with E-state index in [1.54, 1.807) is 0 Å². The average molecular weight is 1700 g/mol. The fourth-order valence-corrected chi connectivity index (χ4v) is 21.9. The third-order valence-electron chi connectivity index (χ3n) is 26.5. The molecule has 9 heteroatoms. The van der Waals surface area contributed by atoms with Crippen LogP contribution in [0.2, 0.25) is 13.1 Å². The van der Waals surface area contributed by atoms with Crippen LogP contribution in [0.5, 0.6) is 0 Å². The molecule has 8 nitrogen and oxygen atoms in total. The zero-order valence-corrected chi connectivity index (χ0v) is 74.4. The zero-order chi connectivity index (χ0) is 87.8. The molecular formula is C122H90N8Si. The third-order valence-corrected chi connectivity index (χ3v) is 30.0.